The lowest BCUT2D eigenvalue weighted by atomic mass is 10.2. The first-order valence-electron chi connectivity index (χ1n) is 8.20. The fourth-order valence-corrected chi connectivity index (χ4v) is 2.70. The molecule has 0 unspecified atom stereocenters. The molecule has 2 rings (SSSR count). The Kier molecular flexibility index (Phi) is 6.75. The summed E-state index contributed by atoms with van der Waals surface area (Å²) in [6.45, 7) is 7.44. The van der Waals surface area contributed by atoms with E-state index in [0.717, 1.165) is 25.3 Å². The number of aromatic nitrogens is 2. The molecule has 2 N–H and O–H groups in total. The molecule has 1 aromatic heterocycles. The second kappa shape index (κ2) is 8.80. The molecule has 0 amide bonds. The molecular formula is C18H27N5S. The maximum atomic E-state index is 5.34. The summed E-state index contributed by atoms with van der Waals surface area (Å²) in [5.74, 6) is 0. The first-order chi connectivity index (χ1) is 11.5. The second-order valence-electron chi connectivity index (χ2n) is 6.21. The molecule has 5 nitrogen and oxygen atoms in total. The van der Waals surface area contributed by atoms with Gasteiger partial charge in [0.1, 0.15) is 0 Å². The van der Waals surface area contributed by atoms with E-state index in [9.17, 15) is 0 Å². The van der Waals surface area contributed by atoms with Crippen LogP contribution in [-0.4, -0.2) is 47.0 Å². The first kappa shape index (κ1) is 18.4. The van der Waals surface area contributed by atoms with E-state index in [1.807, 2.05) is 27.1 Å². The van der Waals surface area contributed by atoms with Crippen molar-refractivity contribution in [3.05, 3.63) is 52.8 Å². The van der Waals surface area contributed by atoms with Gasteiger partial charge in [-0.05, 0) is 45.7 Å². The van der Waals surface area contributed by atoms with Crippen molar-refractivity contribution in [3.8, 4) is 0 Å². The minimum atomic E-state index is 0.687. The van der Waals surface area contributed by atoms with Gasteiger partial charge in [0.2, 0.25) is 0 Å². The number of likely N-dealkylation sites (N-methyl/N-ethyl adjacent to an activating group) is 1. The number of nitrogens with one attached hydrogen (secondary N) is 2. The summed E-state index contributed by atoms with van der Waals surface area (Å²) in [6.07, 6.45) is 0. The van der Waals surface area contributed by atoms with Crippen molar-refractivity contribution in [1.29, 1.82) is 0 Å². The topological polar surface area (TPSA) is 45.1 Å². The summed E-state index contributed by atoms with van der Waals surface area (Å²) < 4.78 is 2.06. The monoisotopic (exact) mass is 345 g/mol. The molecule has 130 valence electrons. The summed E-state index contributed by atoms with van der Waals surface area (Å²) in [7, 11) is 4.10. The molecule has 0 fully saturated rings. The van der Waals surface area contributed by atoms with Crippen LogP contribution in [0.5, 0.6) is 0 Å². The van der Waals surface area contributed by atoms with Gasteiger partial charge < -0.3 is 15.5 Å². The van der Waals surface area contributed by atoms with Crippen molar-refractivity contribution in [2.45, 2.75) is 26.9 Å². The third kappa shape index (κ3) is 5.32. The number of thiocarbonyl (C=S) groups is 1. The van der Waals surface area contributed by atoms with E-state index in [-0.39, 0.29) is 0 Å². The van der Waals surface area contributed by atoms with E-state index in [0.29, 0.717) is 11.7 Å². The Morgan fingerprint density at radius 3 is 2.54 bits per heavy atom. The molecule has 1 heterocycles. The fraction of sp³-hybridized carbons (Fsp3) is 0.444. The van der Waals surface area contributed by atoms with Gasteiger partial charge in [-0.2, -0.15) is 5.10 Å². The van der Waals surface area contributed by atoms with Crippen molar-refractivity contribution in [3.63, 3.8) is 0 Å². The van der Waals surface area contributed by atoms with Crippen molar-refractivity contribution >= 4 is 17.3 Å². The molecule has 2 aromatic rings. The van der Waals surface area contributed by atoms with Crippen molar-refractivity contribution in [2.75, 3.05) is 27.2 Å². The van der Waals surface area contributed by atoms with Crippen molar-refractivity contribution in [1.82, 2.24) is 25.3 Å². The average Bonchev–Trinajstić information content (AvgIpc) is 2.80. The van der Waals surface area contributed by atoms with Crippen LogP contribution in [0.25, 0.3) is 0 Å². The average molecular weight is 346 g/mol. The highest BCUT2D eigenvalue weighted by Crippen LogP contribution is 2.14. The van der Waals surface area contributed by atoms with Gasteiger partial charge in [0.25, 0.3) is 0 Å². The van der Waals surface area contributed by atoms with Crippen molar-refractivity contribution in [2.24, 2.45) is 0 Å². The predicted octanol–water partition coefficient (Wildman–Crippen LogP) is 2.07. The lowest BCUT2D eigenvalue weighted by Gasteiger charge is -2.13. The van der Waals surface area contributed by atoms with Gasteiger partial charge in [0.15, 0.2) is 5.11 Å². The van der Waals surface area contributed by atoms with Gasteiger partial charge in [-0.3, -0.25) is 4.68 Å². The van der Waals surface area contributed by atoms with Crippen LogP contribution in [0.1, 0.15) is 22.5 Å². The zero-order chi connectivity index (χ0) is 17.5. The third-order valence-corrected chi connectivity index (χ3v) is 4.27. The van der Waals surface area contributed by atoms with E-state index in [1.165, 1.54) is 16.8 Å². The lowest BCUT2D eigenvalue weighted by molar-refractivity contribution is 0.412. The highest BCUT2D eigenvalue weighted by molar-refractivity contribution is 7.80. The number of rotatable bonds is 7. The minimum absolute atomic E-state index is 0.687. The second-order valence-corrected chi connectivity index (χ2v) is 6.61. The number of hydrogen-bond acceptors (Lipinski definition) is 3. The number of benzene rings is 1. The first-order valence-corrected chi connectivity index (χ1v) is 8.61. The Morgan fingerprint density at radius 1 is 1.17 bits per heavy atom. The van der Waals surface area contributed by atoms with E-state index in [2.05, 4.69) is 56.5 Å². The molecule has 0 aliphatic heterocycles. The standard InChI is InChI=1S/C18H27N5S/c1-14-17(12-20-18(24)19-10-11-22(3)4)15(2)23(21-14)13-16-8-6-5-7-9-16/h5-9H,10-13H2,1-4H3,(H2,19,20,24). The van der Waals surface area contributed by atoms with Gasteiger partial charge in [-0.25, -0.2) is 0 Å². The Balaban J connectivity index is 1.93. The minimum Gasteiger partial charge on any atom is -0.361 e. The molecule has 0 saturated carbocycles. The smallest absolute Gasteiger partial charge is 0.166 e. The fourth-order valence-electron chi connectivity index (χ4n) is 2.52. The Hall–Kier alpha value is -1.92. The normalized spacial score (nSPS) is 10.9. The van der Waals surface area contributed by atoms with Gasteiger partial charge in [0.05, 0.1) is 12.2 Å². The summed E-state index contributed by atoms with van der Waals surface area (Å²) >= 11 is 5.34. The van der Waals surface area contributed by atoms with E-state index >= 15 is 0 Å². The van der Waals surface area contributed by atoms with Gasteiger partial charge >= 0.3 is 0 Å². The highest BCUT2D eigenvalue weighted by atomic mass is 32.1. The number of aryl methyl sites for hydroxylation is 1. The molecular weight excluding hydrogens is 318 g/mol. The van der Waals surface area contributed by atoms with E-state index in [1.54, 1.807) is 0 Å². The van der Waals surface area contributed by atoms with Gasteiger partial charge in [-0.1, -0.05) is 30.3 Å². The summed E-state index contributed by atoms with van der Waals surface area (Å²) in [5, 5.41) is 11.9. The molecule has 0 spiro atoms. The maximum Gasteiger partial charge on any atom is 0.166 e. The van der Waals surface area contributed by atoms with E-state index in [4.69, 9.17) is 12.2 Å². The van der Waals surface area contributed by atoms with Crippen LogP contribution in [0, 0.1) is 13.8 Å². The number of hydrogen-bond donors (Lipinski definition) is 2. The van der Waals surface area contributed by atoms with Crippen LogP contribution in [0.15, 0.2) is 30.3 Å². The molecule has 1 aromatic carbocycles. The van der Waals surface area contributed by atoms with Gasteiger partial charge in [0, 0.05) is 30.9 Å². The van der Waals surface area contributed by atoms with Crippen LogP contribution >= 0.6 is 12.2 Å². The molecule has 0 bridgehead atoms. The largest absolute Gasteiger partial charge is 0.361 e. The number of nitrogens with zero attached hydrogens (tertiary/aromatic N) is 3. The van der Waals surface area contributed by atoms with Gasteiger partial charge in [-0.15, -0.1) is 0 Å². The maximum absolute atomic E-state index is 5.34. The molecule has 24 heavy (non-hydrogen) atoms. The predicted molar refractivity (Wildman–Crippen MR) is 103 cm³/mol. The van der Waals surface area contributed by atoms with Crippen LogP contribution in [0.2, 0.25) is 0 Å². The summed E-state index contributed by atoms with van der Waals surface area (Å²) in [4.78, 5) is 2.12. The molecule has 0 aliphatic carbocycles. The molecule has 0 aliphatic rings. The van der Waals surface area contributed by atoms with E-state index < -0.39 is 0 Å². The SMILES string of the molecule is Cc1nn(Cc2ccccc2)c(C)c1CNC(=S)NCCN(C)C. The highest BCUT2D eigenvalue weighted by Gasteiger charge is 2.12. The van der Waals surface area contributed by atoms with Crippen LogP contribution < -0.4 is 10.6 Å². The lowest BCUT2D eigenvalue weighted by Crippen LogP contribution is -2.38. The molecule has 0 saturated heterocycles. The molecule has 6 heteroatoms. The Morgan fingerprint density at radius 2 is 1.88 bits per heavy atom. The summed E-state index contributed by atoms with van der Waals surface area (Å²) in [5.41, 5.74) is 4.69. The van der Waals surface area contributed by atoms with Crippen LogP contribution in [-0.2, 0) is 13.1 Å². The van der Waals surface area contributed by atoms with Crippen LogP contribution in [0.4, 0.5) is 0 Å². The third-order valence-electron chi connectivity index (χ3n) is 3.98. The molecule has 0 atom stereocenters. The summed E-state index contributed by atoms with van der Waals surface area (Å²) in [6, 6.07) is 10.4. The quantitative estimate of drug-likeness (QED) is 0.752. The Bertz CT molecular complexity index is 664. The zero-order valence-corrected chi connectivity index (χ0v) is 15.8. The van der Waals surface area contributed by atoms with Crippen LogP contribution in [0.3, 0.4) is 0 Å². The zero-order valence-electron chi connectivity index (χ0n) is 15.0. The molecule has 0 radical (unpaired) electrons. The Labute approximate surface area is 150 Å². The van der Waals surface area contributed by atoms with Crippen molar-refractivity contribution < 1.29 is 0 Å².